The SMILES string of the molecule is CCN(CC)C(=O)C1=C(C)[C@@H]2CC[C@@H](C)[C@@H]3CCC4(C)OO[C@@]23C(O1)O4. The number of hydrogen-bond acceptors (Lipinski definition) is 5. The Morgan fingerprint density at radius 3 is 2.62 bits per heavy atom. The first-order chi connectivity index (χ1) is 12.4. The van der Waals surface area contributed by atoms with E-state index >= 15 is 0 Å². The Morgan fingerprint density at radius 2 is 1.92 bits per heavy atom. The fourth-order valence-corrected chi connectivity index (χ4v) is 5.49. The molecule has 4 heterocycles. The van der Waals surface area contributed by atoms with Gasteiger partial charge in [0.25, 0.3) is 5.91 Å². The third-order valence-electron chi connectivity index (χ3n) is 7.07. The average molecular weight is 365 g/mol. The maximum atomic E-state index is 13.1. The lowest BCUT2D eigenvalue weighted by atomic mass is 9.59. The molecule has 0 radical (unpaired) electrons. The summed E-state index contributed by atoms with van der Waals surface area (Å²) in [5.41, 5.74) is 0.331. The molecule has 1 saturated carbocycles. The van der Waals surface area contributed by atoms with Gasteiger partial charge >= 0.3 is 0 Å². The number of amides is 1. The van der Waals surface area contributed by atoms with Gasteiger partial charge in [-0.1, -0.05) is 6.92 Å². The molecule has 0 aromatic carbocycles. The molecule has 26 heavy (non-hydrogen) atoms. The summed E-state index contributed by atoms with van der Waals surface area (Å²) < 4.78 is 12.5. The summed E-state index contributed by atoms with van der Waals surface area (Å²) in [4.78, 5) is 26.7. The predicted molar refractivity (Wildman–Crippen MR) is 94.5 cm³/mol. The number of nitrogens with zero attached hydrogens (tertiary/aromatic N) is 1. The van der Waals surface area contributed by atoms with Crippen molar-refractivity contribution in [3.8, 4) is 0 Å². The Hall–Kier alpha value is -1.11. The highest BCUT2D eigenvalue weighted by Crippen LogP contribution is 2.60. The van der Waals surface area contributed by atoms with Crippen LogP contribution in [0.15, 0.2) is 11.3 Å². The molecule has 0 aromatic heterocycles. The molecule has 146 valence electrons. The summed E-state index contributed by atoms with van der Waals surface area (Å²) >= 11 is 0. The molecule has 0 N–H and O–H groups in total. The van der Waals surface area contributed by atoms with Crippen LogP contribution in [0.25, 0.3) is 0 Å². The van der Waals surface area contributed by atoms with Crippen molar-refractivity contribution >= 4 is 5.91 Å². The highest BCUT2D eigenvalue weighted by atomic mass is 17.3. The first-order valence-electron chi connectivity index (χ1n) is 10.1. The van der Waals surface area contributed by atoms with Crippen LogP contribution in [0.4, 0.5) is 0 Å². The monoisotopic (exact) mass is 365 g/mol. The van der Waals surface area contributed by atoms with E-state index in [0.717, 1.165) is 31.3 Å². The van der Waals surface area contributed by atoms with Crippen molar-refractivity contribution in [1.82, 2.24) is 4.90 Å². The van der Waals surface area contributed by atoms with Gasteiger partial charge in [0.2, 0.25) is 12.1 Å². The van der Waals surface area contributed by atoms with Crippen molar-refractivity contribution in [2.24, 2.45) is 17.8 Å². The van der Waals surface area contributed by atoms with Gasteiger partial charge in [-0.25, -0.2) is 9.78 Å². The average Bonchev–Trinajstić information content (AvgIpc) is 2.85. The van der Waals surface area contributed by atoms with Gasteiger partial charge in [0.05, 0.1) is 0 Å². The van der Waals surface area contributed by atoms with E-state index < -0.39 is 17.7 Å². The summed E-state index contributed by atoms with van der Waals surface area (Å²) in [6.07, 6.45) is 3.24. The largest absolute Gasteiger partial charge is 0.456 e. The third-order valence-corrected chi connectivity index (χ3v) is 7.07. The molecule has 2 bridgehead atoms. The minimum Gasteiger partial charge on any atom is -0.456 e. The normalized spacial score (nSPS) is 44.2. The van der Waals surface area contributed by atoms with Crippen molar-refractivity contribution < 1.29 is 24.0 Å². The van der Waals surface area contributed by atoms with Gasteiger partial charge in [0.1, 0.15) is 0 Å². The zero-order valence-corrected chi connectivity index (χ0v) is 16.5. The topological polar surface area (TPSA) is 57.2 Å². The van der Waals surface area contributed by atoms with Crippen molar-refractivity contribution in [1.29, 1.82) is 0 Å². The van der Waals surface area contributed by atoms with Crippen molar-refractivity contribution in [3.05, 3.63) is 11.3 Å². The molecule has 1 amide bonds. The minimum atomic E-state index is -0.813. The van der Waals surface area contributed by atoms with Gasteiger partial charge < -0.3 is 14.4 Å². The van der Waals surface area contributed by atoms with Gasteiger partial charge in [-0.15, -0.1) is 0 Å². The van der Waals surface area contributed by atoms with E-state index in [-0.39, 0.29) is 11.8 Å². The molecule has 4 fully saturated rings. The number of ether oxygens (including phenoxy) is 2. The molecule has 4 aliphatic heterocycles. The number of carbonyl (C=O) groups is 1. The van der Waals surface area contributed by atoms with Crippen LogP contribution in [0, 0.1) is 17.8 Å². The van der Waals surface area contributed by atoms with Gasteiger partial charge in [0.15, 0.2) is 11.4 Å². The van der Waals surface area contributed by atoms with Crippen LogP contribution in [0.2, 0.25) is 0 Å². The summed E-state index contributed by atoms with van der Waals surface area (Å²) in [6, 6.07) is 0. The number of likely N-dealkylation sites (N-methyl/N-ethyl adjacent to an activating group) is 1. The summed E-state index contributed by atoms with van der Waals surface area (Å²) in [6.45, 7) is 11.5. The lowest BCUT2D eigenvalue weighted by Gasteiger charge is -2.57. The number of hydrogen-bond donors (Lipinski definition) is 0. The third kappa shape index (κ3) is 2.38. The Morgan fingerprint density at radius 1 is 1.19 bits per heavy atom. The van der Waals surface area contributed by atoms with Crippen molar-refractivity contribution in [2.75, 3.05) is 13.1 Å². The molecule has 0 aromatic rings. The first-order valence-corrected chi connectivity index (χ1v) is 10.1. The minimum absolute atomic E-state index is 0.0488. The standard InChI is InChI=1S/C20H31NO5/c1-6-21(7-2)17(22)16-13(4)15-9-8-12(3)14-10-11-19(5)24-18(23-16)20(14,15)26-25-19/h12,14-15,18H,6-11H2,1-5H3/t12-,14+,15+,18?,19?,20-/m1/s1. The lowest BCUT2D eigenvalue weighted by Crippen LogP contribution is -2.67. The van der Waals surface area contributed by atoms with E-state index in [4.69, 9.17) is 19.2 Å². The van der Waals surface area contributed by atoms with E-state index in [1.54, 1.807) is 4.90 Å². The van der Waals surface area contributed by atoms with Gasteiger partial charge in [0, 0.05) is 31.3 Å². The number of carbonyl (C=O) groups excluding carboxylic acids is 1. The molecule has 6 nitrogen and oxygen atoms in total. The summed E-state index contributed by atoms with van der Waals surface area (Å²) in [7, 11) is 0. The fraction of sp³-hybridized carbons (Fsp3) is 0.850. The van der Waals surface area contributed by atoms with Gasteiger partial charge in [-0.05, 0) is 58.4 Å². The van der Waals surface area contributed by atoms with Crippen LogP contribution in [-0.2, 0) is 24.0 Å². The Kier molecular flexibility index (Phi) is 4.36. The molecular formula is C20H31NO5. The molecule has 1 spiro atoms. The van der Waals surface area contributed by atoms with Crippen LogP contribution in [0.1, 0.15) is 60.3 Å². The molecule has 6 atom stereocenters. The van der Waals surface area contributed by atoms with E-state index in [1.807, 2.05) is 27.7 Å². The first kappa shape index (κ1) is 18.3. The molecule has 3 saturated heterocycles. The second-order valence-corrected chi connectivity index (χ2v) is 8.46. The second-order valence-electron chi connectivity index (χ2n) is 8.46. The van der Waals surface area contributed by atoms with Crippen molar-refractivity contribution in [2.45, 2.75) is 78.0 Å². The summed E-state index contributed by atoms with van der Waals surface area (Å²) in [5.74, 6) is 0.481. The van der Waals surface area contributed by atoms with Crippen molar-refractivity contribution in [3.63, 3.8) is 0 Å². The maximum Gasteiger partial charge on any atom is 0.288 e. The Labute approximate surface area is 155 Å². The molecule has 5 rings (SSSR count). The van der Waals surface area contributed by atoms with Crippen LogP contribution < -0.4 is 0 Å². The molecule has 5 aliphatic rings. The van der Waals surface area contributed by atoms with Gasteiger partial charge in [-0.3, -0.25) is 4.79 Å². The highest BCUT2D eigenvalue weighted by Gasteiger charge is 2.68. The quantitative estimate of drug-likeness (QED) is 0.718. The van der Waals surface area contributed by atoms with Gasteiger partial charge in [-0.2, -0.15) is 0 Å². The second kappa shape index (κ2) is 6.21. The molecule has 6 heteroatoms. The predicted octanol–water partition coefficient (Wildman–Crippen LogP) is 3.37. The maximum absolute atomic E-state index is 13.1. The zero-order chi connectivity index (χ0) is 18.7. The Balaban J connectivity index is 1.79. The van der Waals surface area contributed by atoms with Crippen LogP contribution >= 0.6 is 0 Å². The smallest absolute Gasteiger partial charge is 0.288 e. The van der Waals surface area contributed by atoms with Crippen LogP contribution in [0.3, 0.4) is 0 Å². The fourth-order valence-electron chi connectivity index (χ4n) is 5.49. The number of rotatable bonds is 3. The van der Waals surface area contributed by atoms with Crippen LogP contribution in [-0.4, -0.2) is 41.6 Å². The molecular weight excluding hydrogens is 334 g/mol. The Bertz CT molecular complexity index is 630. The highest BCUT2D eigenvalue weighted by molar-refractivity contribution is 5.92. The lowest BCUT2D eigenvalue weighted by molar-refractivity contribution is -0.555. The van der Waals surface area contributed by atoms with Crippen LogP contribution in [0.5, 0.6) is 0 Å². The summed E-state index contributed by atoms with van der Waals surface area (Å²) in [5, 5.41) is 0. The zero-order valence-electron chi connectivity index (χ0n) is 16.5. The molecule has 1 aliphatic carbocycles. The van der Waals surface area contributed by atoms with E-state index in [2.05, 4.69) is 6.92 Å². The molecule has 2 unspecified atom stereocenters. The number of fused-ring (bicyclic) bond motifs is 2. The van der Waals surface area contributed by atoms with E-state index in [0.29, 0.717) is 30.7 Å². The van der Waals surface area contributed by atoms with E-state index in [1.165, 1.54) is 0 Å². The van der Waals surface area contributed by atoms with E-state index in [9.17, 15) is 4.79 Å².